The Hall–Kier alpha value is -2.34. The minimum atomic E-state index is -0.537. The molecule has 1 heterocycles. The average molecular weight is 336 g/mol. The van der Waals surface area contributed by atoms with Crippen molar-refractivity contribution >= 4 is 23.5 Å². The minimum Gasteiger partial charge on any atom is -0.456 e. The van der Waals surface area contributed by atoms with Crippen LogP contribution in [0, 0.1) is 6.92 Å². The molecule has 1 atom stereocenters. The molecular formula is C16H18ClN3O3. The first-order valence-electron chi connectivity index (χ1n) is 7.14. The zero-order valence-corrected chi connectivity index (χ0v) is 13.9. The van der Waals surface area contributed by atoms with Crippen LogP contribution in [-0.4, -0.2) is 34.5 Å². The number of ether oxygens (including phenoxy) is 1. The molecule has 0 aliphatic carbocycles. The Labute approximate surface area is 139 Å². The van der Waals surface area contributed by atoms with E-state index in [2.05, 4.69) is 15.3 Å². The number of carbonyl (C=O) groups excluding carboxylic acids is 2. The molecule has 0 saturated heterocycles. The van der Waals surface area contributed by atoms with Gasteiger partial charge in [-0.05, 0) is 26.0 Å². The number of rotatable bonds is 5. The van der Waals surface area contributed by atoms with E-state index in [1.807, 2.05) is 12.1 Å². The highest BCUT2D eigenvalue weighted by atomic mass is 35.5. The van der Waals surface area contributed by atoms with Gasteiger partial charge in [-0.2, -0.15) is 0 Å². The third-order valence-electron chi connectivity index (χ3n) is 3.12. The topological polar surface area (TPSA) is 84.1 Å². The molecule has 1 aromatic carbocycles. The summed E-state index contributed by atoms with van der Waals surface area (Å²) >= 11 is 5.97. The van der Waals surface area contributed by atoms with E-state index in [-0.39, 0.29) is 18.1 Å². The number of nitrogens with one attached hydrogen (secondary N) is 2. The van der Waals surface area contributed by atoms with Crippen LogP contribution in [0.5, 0.6) is 0 Å². The lowest BCUT2D eigenvalue weighted by Crippen LogP contribution is -2.31. The zero-order chi connectivity index (χ0) is 17.0. The molecule has 7 heteroatoms. The fourth-order valence-electron chi connectivity index (χ4n) is 2.00. The smallest absolute Gasteiger partial charge is 0.359 e. The number of esters is 1. The van der Waals surface area contributed by atoms with Gasteiger partial charge in [0.15, 0.2) is 5.69 Å². The van der Waals surface area contributed by atoms with Crippen molar-refractivity contribution in [3.05, 3.63) is 40.7 Å². The first-order chi connectivity index (χ1) is 10.9. The number of hydrogen-bond donors (Lipinski definition) is 2. The molecule has 0 aliphatic rings. The van der Waals surface area contributed by atoms with Gasteiger partial charge in [0.25, 0.3) is 0 Å². The molecule has 2 rings (SSSR count). The normalized spacial score (nSPS) is 11.8. The Morgan fingerprint density at radius 1 is 1.43 bits per heavy atom. The highest BCUT2D eigenvalue weighted by Crippen LogP contribution is 2.22. The number of nitrogens with zero attached hydrogens (tertiary/aromatic N) is 1. The van der Waals surface area contributed by atoms with Gasteiger partial charge < -0.3 is 15.0 Å². The van der Waals surface area contributed by atoms with E-state index in [4.69, 9.17) is 16.3 Å². The first-order valence-corrected chi connectivity index (χ1v) is 7.52. The molecule has 0 saturated carbocycles. The van der Waals surface area contributed by atoms with Crippen LogP contribution in [0.2, 0.25) is 5.02 Å². The number of aromatic amines is 1. The second-order valence-electron chi connectivity index (χ2n) is 5.22. The zero-order valence-electron chi connectivity index (χ0n) is 13.1. The Bertz CT molecular complexity index is 727. The number of carbonyl (C=O) groups is 2. The largest absolute Gasteiger partial charge is 0.456 e. The molecule has 1 amide bonds. The van der Waals surface area contributed by atoms with E-state index in [1.165, 1.54) is 6.92 Å². The summed E-state index contributed by atoms with van der Waals surface area (Å²) in [5.74, 6) is -0.163. The third-order valence-corrected chi connectivity index (χ3v) is 3.36. The van der Waals surface area contributed by atoms with Gasteiger partial charge in [0, 0.05) is 23.2 Å². The van der Waals surface area contributed by atoms with Crippen LogP contribution in [-0.2, 0) is 9.53 Å². The molecule has 2 N–H and O–H groups in total. The van der Waals surface area contributed by atoms with Gasteiger partial charge >= 0.3 is 5.97 Å². The first kappa shape index (κ1) is 17.0. The fraction of sp³-hybridized carbons (Fsp3) is 0.312. The number of H-pyrrole nitrogens is 1. The van der Waals surface area contributed by atoms with Crippen LogP contribution >= 0.6 is 11.6 Å². The molecule has 122 valence electrons. The lowest BCUT2D eigenvalue weighted by molar-refractivity contribution is -0.119. The van der Waals surface area contributed by atoms with E-state index >= 15 is 0 Å². The van der Waals surface area contributed by atoms with Crippen LogP contribution in [0.1, 0.15) is 30.0 Å². The van der Waals surface area contributed by atoms with Crippen LogP contribution in [0.3, 0.4) is 0 Å². The quantitative estimate of drug-likeness (QED) is 0.823. The molecule has 1 aromatic heterocycles. The average Bonchev–Trinajstić information content (AvgIpc) is 2.87. The second-order valence-corrected chi connectivity index (χ2v) is 5.66. The summed E-state index contributed by atoms with van der Waals surface area (Å²) in [4.78, 5) is 30.4. The Morgan fingerprint density at radius 3 is 2.83 bits per heavy atom. The predicted octanol–water partition coefficient (Wildman–Crippen LogP) is 2.72. The van der Waals surface area contributed by atoms with Crippen molar-refractivity contribution in [2.24, 2.45) is 0 Å². The number of aryl methyl sites for hydroxylation is 1. The summed E-state index contributed by atoms with van der Waals surface area (Å²) in [6, 6.07) is 7.18. The molecule has 0 bridgehead atoms. The molecule has 0 spiro atoms. The van der Waals surface area contributed by atoms with Crippen LogP contribution < -0.4 is 5.32 Å². The van der Waals surface area contributed by atoms with E-state index in [0.29, 0.717) is 16.5 Å². The standard InChI is InChI=1S/C16H18ClN3O3/c1-9(8-18-11(3)21)23-16(22)14-10(2)19-15(20-14)12-5-4-6-13(17)7-12/h4-7,9H,8H2,1-3H3,(H,18,21)(H,19,20)/t9-/m0/s1. The maximum absolute atomic E-state index is 12.2. The Morgan fingerprint density at radius 2 is 2.17 bits per heavy atom. The molecule has 0 aliphatic heterocycles. The monoisotopic (exact) mass is 335 g/mol. The van der Waals surface area contributed by atoms with Gasteiger partial charge in [-0.3, -0.25) is 4.79 Å². The summed E-state index contributed by atoms with van der Waals surface area (Å²) in [5, 5.41) is 3.18. The maximum atomic E-state index is 12.2. The maximum Gasteiger partial charge on any atom is 0.359 e. The van der Waals surface area contributed by atoms with Crippen molar-refractivity contribution in [3.8, 4) is 11.4 Å². The van der Waals surface area contributed by atoms with Crippen molar-refractivity contribution < 1.29 is 14.3 Å². The fourth-order valence-corrected chi connectivity index (χ4v) is 2.19. The number of amides is 1. The van der Waals surface area contributed by atoms with E-state index in [0.717, 1.165) is 5.56 Å². The Kier molecular flexibility index (Phi) is 5.39. The molecule has 2 aromatic rings. The van der Waals surface area contributed by atoms with Crippen molar-refractivity contribution in [2.45, 2.75) is 26.9 Å². The summed E-state index contributed by atoms with van der Waals surface area (Å²) in [5.41, 5.74) is 1.61. The summed E-state index contributed by atoms with van der Waals surface area (Å²) in [6.45, 7) is 5.11. The van der Waals surface area contributed by atoms with Crippen molar-refractivity contribution in [3.63, 3.8) is 0 Å². The van der Waals surface area contributed by atoms with Gasteiger partial charge in [0.1, 0.15) is 11.9 Å². The van der Waals surface area contributed by atoms with Gasteiger partial charge in [0.2, 0.25) is 5.91 Å². The number of hydrogen-bond acceptors (Lipinski definition) is 4. The number of aromatic nitrogens is 2. The number of benzene rings is 1. The van der Waals surface area contributed by atoms with Crippen LogP contribution in [0.25, 0.3) is 11.4 Å². The molecular weight excluding hydrogens is 318 g/mol. The number of halogens is 1. The summed E-state index contributed by atoms with van der Waals surface area (Å²) < 4.78 is 5.28. The van der Waals surface area contributed by atoms with Crippen molar-refractivity contribution in [1.82, 2.24) is 15.3 Å². The molecule has 0 radical (unpaired) electrons. The third kappa shape index (κ3) is 4.56. The summed E-state index contributed by atoms with van der Waals surface area (Å²) in [6.07, 6.45) is -0.447. The van der Waals surface area contributed by atoms with Gasteiger partial charge in [0.05, 0.1) is 6.54 Å². The second kappa shape index (κ2) is 7.28. The van der Waals surface area contributed by atoms with E-state index in [9.17, 15) is 9.59 Å². The lowest BCUT2D eigenvalue weighted by atomic mass is 10.2. The summed E-state index contributed by atoms with van der Waals surface area (Å²) in [7, 11) is 0. The van der Waals surface area contributed by atoms with Gasteiger partial charge in [-0.15, -0.1) is 0 Å². The van der Waals surface area contributed by atoms with Gasteiger partial charge in [-0.1, -0.05) is 23.7 Å². The van der Waals surface area contributed by atoms with Gasteiger partial charge in [-0.25, -0.2) is 9.78 Å². The lowest BCUT2D eigenvalue weighted by Gasteiger charge is -2.12. The Balaban J connectivity index is 2.11. The molecule has 23 heavy (non-hydrogen) atoms. The highest BCUT2D eigenvalue weighted by Gasteiger charge is 2.19. The highest BCUT2D eigenvalue weighted by molar-refractivity contribution is 6.30. The van der Waals surface area contributed by atoms with Crippen LogP contribution in [0.4, 0.5) is 0 Å². The van der Waals surface area contributed by atoms with Crippen molar-refractivity contribution in [1.29, 1.82) is 0 Å². The molecule has 0 unspecified atom stereocenters. The minimum absolute atomic E-state index is 0.174. The van der Waals surface area contributed by atoms with Crippen LogP contribution in [0.15, 0.2) is 24.3 Å². The molecule has 6 nitrogen and oxygen atoms in total. The number of imidazole rings is 1. The van der Waals surface area contributed by atoms with E-state index in [1.54, 1.807) is 26.0 Å². The molecule has 0 fully saturated rings. The predicted molar refractivity (Wildman–Crippen MR) is 87.3 cm³/mol. The SMILES string of the molecule is CC(=O)NC[C@H](C)OC(=O)c1nc(-c2cccc(Cl)c2)[nH]c1C. The van der Waals surface area contributed by atoms with Crippen molar-refractivity contribution in [2.75, 3.05) is 6.54 Å². The van der Waals surface area contributed by atoms with E-state index < -0.39 is 12.1 Å².